The highest BCUT2D eigenvalue weighted by Crippen LogP contribution is 2.13. The van der Waals surface area contributed by atoms with Gasteiger partial charge in [0.05, 0.1) is 6.61 Å². The summed E-state index contributed by atoms with van der Waals surface area (Å²) in [7, 11) is 0. The van der Waals surface area contributed by atoms with E-state index in [-0.39, 0.29) is 0 Å². The molecule has 0 aromatic carbocycles. The number of aliphatic carboxylic acids is 1. The van der Waals surface area contributed by atoms with Gasteiger partial charge in [-0.25, -0.2) is 10.3 Å². The molecule has 0 aromatic rings. The Balaban J connectivity index is 0. The van der Waals surface area contributed by atoms with Crippen LogP contribution in [-0.2, 0) is 9.63 Å². The standard InChI is InChI=1S/C21H45NO.C3H6O3/c1-3-5-6-7-8-9-10-11-12-13-14-15-16-17-18-19-21-23-22-20-4-2;1-2(4)3(5)6/h22H,3-21H2,1-2H3;2,4H,1H3,(H,5,6). The van der Waals surface area contributed by atoms with Crippen LogP contribution in [0.25, 0.3) is 0 Å². The summed E-state index contributed by atoms with van der Waals surface area (Å²) < 4.78 is 0. The molecule has 0 aliphatic heterocycles. The van der Waals surface area contributed by atoms with Gasteiger partial charge in [-0.05, 0) is 19.8 Å². The highest BCUT2D eigenvalue weighted by Gasteiger charge is 2.01. The third-order valence-electron chi connectivity index (χ3n) is 4.91. The van der Waals surface area contributed by atoms with Crippen molar-refractivity contribution in [2.75, 3.05) is 13.2 Å². The van der Waals surface area contributed by atoms with Crippen molar-refractivity contribution in [1.29, 1.82) is 0 Å². The number of nitrogens with one attached hydrogen (secondary N) is 1. The number of unbranched alkanes of at least 4 members (excludes halogenated alkanes) is 15. The predicted octanol–water partition coefficient (Wildman–Crippen LogP) is 6.63. The van der Waals surface area contributed by atoms with E-state index in [4.69, 9.17) is 15.1 Å². The van der Waals surface area contributed by atoms with Crippen molar-refractivity contribution in [3.8, 4) is 0 Å². The molecular formula is C24H51NO4. The quantitative estimate of drug-likeness (QED) is 0.144. The second-order valence-electron chi connectivity index (χ2n) is 8.06. The second-order valence-corrected chi connectivity index (χ2v) is 8.06. The van der Waals surface area contributed by atoms with Crippen molar-refractivity contribution in [3.05, 3.63) is 0 Å². The number of aliphatic hydroxyl groups is 1. The summed E-state index contributed by atoms with van der Waals surface area (Å²) >= 11 is 0. The van der Waals surface area contributed by atoms with E-state index in [9.17, 15) is 4.79 Å². The second kappa shape index (κ2) is 27.4. The highest BCUT2D eigenvalue weighted by molar-refractivity contribution is 5.71. The van der Waals surface area contributed by atoms with Gasteiger partial charge in [0, 0.05) is 6.54 Å². The van der Waals surface area contributed by atoms with Crippen LogP contribution in [0.5, 0.6) is 0 Å². The van der Waals surface area contributed by atoms with Crippen LogP contribution in [0.4, 0.5) is 0 Å². The maximum Gasteiger partial charge on any atom is 0.332 e. The number of carboxylic acids is 1. The van der Waals surface area contributed by atoms with Crippen LogP contribution in [0.15, 0.2) is 0 Å². The lowest BCUT2D eigenvalue weighted by molar-refractivity contribution is -0.145. The smallest absolute Gasteiger partial charge is 0.332 e. The Morgan fingerprint density at radius 1 is 0.724 bits per heavy atom. The fourth-order valence-electron chi connectivity index (χ4n) is 2.97. The molecule has 0 aromatic heterocycles. The zero-order valence-electron chi connectivity index (χ0n) is 19.7. The molecule has 0 fully saturated rings. The first-order valence-electron chi connectivity index (χ1n) is 12.3. The van der Waals surface area contributed by atoms with Crippen LogP contribution < -0.4 is 5.48 Å². The number of carbonyl (C=O) groups is 1. The molecule has 0 bridgehead atoms. The van der Waals surface area contributed by atoms with Crippen LogP contribution in [0.1, 0.15) is 130 Å². The van der Waals surface area contributed by atoms with Crippen molar-refractivity contribution in [1.82, 2.24) is 5.48 Å². The van der Waals surface area contributed by atoms with E-state index in [1.54, 1.807) is 0 Å². The van der Waals surface area contributed by atoms with Gasteiger partial charge in [0.25, 0.3) is 0 Å². The molecule has 0 aliphatic carbocycles. The predicted molar refractivity (Wildman–Crippen MR) is 123 cm³/mol. The van der Waals surface area contributed by atoms with Crippen LogP contribution in [0, 0.1) is 0 Å². The van der Waals surface area contributed by atoms with Crippen LogP contribution in [0.3, 0.4) is 0 Å². The van der Waals surface area contributed by atoms with Gasteiger partial charge in [-0.15, -0.1) is 0 Å². The molecular weight excluding hydrogens is 366 g/mol. The molecule has 0 amide bonds. The van der Waals surface area contributed by atoms with E-state index in [2.05, 4.69) is 19.3 Å². The van der Waals surface area contributed by atoms with Crippen molar-refractivity contribution in [3.63, 3.8) is 0 Å². The molecule has 0 heterocycles. The number of hydrogen-bond acceptors (Lipinski definition) is 4. The molecule has 3 N–H and O–H groups in total. The number of aliphatic hydroxyl groups excluding tert-OH is 1. The van der Waals surface area contributed by atoms with Crippen molar-refractivity contribution in [2.45, 2.75) is 136 Å². The van der Waals surface area contributed by atoms with Gasteiger partial charge in [0.1, 0.15) is 6.10 Å². The van der Waals surface area contributed by atoms with Gasteiger partial charge in [-0.1, -0.05) is 110 Å². The first-order valence-corrected chi connectivity index (χ1v) is 12.3. The molecule has 176 valence electrons. The summed E-state index contributed by atoms with van der Waals surface area (Å²) in [6, 6.07) is 0. The first-order chi connectivity index (χ1) is 14.1. The molecule has 29 heavy (non-hydrogen) atoms. The van der Waals surface area contributed by atoms with Gasteiger partial charge in [0.15, 0.2) is 0 Å². The Morgan fingerprint density at radius 2 is 1.07 bits per heavy atom. The van der Waals surface area contributed by atoms with E-state index in [1.807, 2.05) is 0 Å². The zero-order valence-corrected chi connectivity index (χ0v) is 19.7. The van der Waals surface area contributed by atoms with Gasteiger partial charge in [-0.2, -0.15) is 0 Å². The zero-order chi connectivity index (χ0) is 22.0. The van der Waals surface area contributed by atoms with Gasteiger partial charge < -0.3 is 15.1 Å². The molecule has 5 heteroatoms. The van der Waals surface area contributed by atoms with Gasteiger partial charge in [0.2, 0.25) is 0 Å². The number of carboxylic acid groups (broad SMARTS) is 1. The van der Waals surface area contributed by atoms with Crippen LogP contribution in [0.2, 0.25) is 0 Å². The van der Waals surface area contributed by atoms with Crippen molar-refractivity contribution >= 4 is 5.97 Å². The average molecular weight is 418 g/mol. The van der Waals surface area contributed by atoms with E-state index < -0.39 is 12.1 Å². The largest absolute Gasteiger partial charge is 0.479 e. The molecule has 1 atom stereocenters. The maximum absolute atomic E-state index is 9.45. The Morgan fingerprint density at radius 3 is 1.38 bits per heavy atom. The van der Waals surface area contributed by atoms with Crippen molar-refractivity contribution in [2.24, 2.45) is 0 Å². The molecule has 5 nitrogen and oxygen atoms in total. The number of hydrogen-bond donors (Lipinski definition) is 3. The minimum Gasteiger partial charge on any atom is -0.479 e. The highest BCUT2D eigenvalue weighted by atomic mass is 16.6. The normalized spacial score (nSPS) is 11.7. The Kier molecular flexibility index (Phi) is 28.8. The topological polar surface area (TPSA) is 78.8 Å². The Hall–Kier alpha value is -0.650. The molecule has 0 spiro atoms. The summed E-state index contributed by atoms with van der Waals surface area (Å²) in [5.74, 6) is -1.19. The lowest BCUT2D eigenvalue weighted by atomic mass is 10.0. The van der Waals surface area contributed by atoms with Gasteiger partial charge >= 0.3 is 5.97 Å². The van der Waals surface area contributed by atoms with Crippen LogP contribution in [-0.4, -0.2) is 35.4 Å². The van der Waals surface area contributed by atoms with Crippen molar-refractivity contribution < 1.29 is 19.8 Å². The maximum atomic E-state index is 9.45. The van der Waals surface area contributed by atoms with E-state index in [1.165, 1.54) is 110 Å². The number of rotatable bonds is 21. The average Bonchev–Trinajstić information content (AvgIpc) is 2.70. The van der Waals surface area contributed by atoms with Gasteiger partial charge in [-0.3, -0.25) is 0 Å². The number of hydroxylamine groups is 1. The molecule has 0 rings (SSSR count). The van der Waals surface area contributed by atoms with E-state index in [0.29, 0.717) is 0 Å². The lowest BCUT2D eigenvalue weighted by Crippen LogP contribution is -2.15. The monoisotopic (exact) mass is 417 g/mol. The Labute approximate surface area is 181 Å². The summed E-state index contributed by atoms with van der Waals surface area (Å²) in [6.07, 6.45) is 22.6. The molecule has 0 radical (unpaired) electrons. The Bertz CT molecular complexity index is 291. The van der Waals surface area contributed by atoms with E-state index >= 15 is 0 Å². The fraction of sp³-hybridized carbons (Fsp3) is 0.958. The molecule has 0 aliphatic rings. The third-order valence-corrected chi connectivity index (χ3v) is 4.91. The third kappa shape index (κ3) is 32.2. The minimum atomic E-state index is -1.23. The minimum absolute atomic E-state index is 0.873. The summed E-state index contributed by atoms with van der Waals surface area (Å²) in [6.45, 7) is 7.49. The molecule has 0 saturated carbocycles. The molecule has 1 unspecified atom stereocenters. The lowest BCUT2D eigenvalue weighted by Gasteiger charge is -2.05. The first kappa shape index (κ1) is 30.5. The summed E-state index contributed by atoms with van der Waals surface area (Å²) in [5.41, 5.74) is 2.99. The SMILES string of the molecule is CC(O)C(=O)O.CCCCCCCCCCCCCCCCCCONCCC. The van der Waals surface area contributed by atoms with E-state index in [0.717, 1.165) is 19.6 Å². The fourth-order valence-corrected chi connectivity index (χ4v) is 2.97. The summed E-state index contributed by atoms with van der Waals surface area (Å²) in [5, 5.41) is 15.8. The summed E-state index contributed by atoms with van der Waals surface area (Å²) in [4.78, 5) is 14.8. The van der Waals surface area contributed by atoms with Crippen LogP contribution >= 0.6 is 0 Å². The molecule has 0 saturated heterocycles.